The van der Waals surface area contributed by atoms with Crippen molar-refractivity contribution >= 4 is 0 Å². The van der Waals surface area contributed by atoms with Gasteiger partial charge in [-0.25, -0.2) is 0 Å². The van der Waals surface area contributed by atoms with Gasteiger partial charge < -0.3 is 0 Å². The van der Waals surface area contributed by atoms with E-state index in [1.165, 1.54) is 22.3 Å². The molecular weight excluding hydrogens is 168 g/mol. The van der Waals surface area contributed by atoms with E-state index in [9.17, 15) is 0 Å². The maximum Gasteiger partial charge on any atom is -0.0153 e. The third kappa shape index (κ3) is 3.02. The lowest BCUT2D eigenvalue weighted by molar-refractivity contribution is 0.751. The first-order chi connectivity index (χ1) is 6.49. The lowest BCUT2D eigenvalue weighted by atomic mass is 9.92. The molecule has 0 nitrogen and oxygen atoms in total. The van der Waals surface area contributed by atoms with Gasteiger partial charge in [0.05, 0.1) is 0 Å². The molecule has 0 bridgehead atoms. The standard InChI is InChI=1S/C14H20/c1-10(2)6-13(5)14-8-11(3)7-12(4)9-14/h7-9,13H,1,6H2,2-5H3. The van der Waals surface area contributed by atoms with E-state index in [0.29, 0.717) is 5.92 Å². The summed E-state index contributed by atoms with van der Waals surface area (Å²) in [5.74, 6) is 0.589. The highest BCUT2D eigenvalue weighted by molar-refractivity contribution is 5.31. The molecule has 0 aliphatic heterocycles. The van der Waals surface area contributed by atoms with E-state index in [4.69, 9.17) is 0 Å². The SMILES string of the molecule is C=C(C)CC(C)c1cc(C)cc(C)c1. The zero-order chi connectivity index (χ0) is 10.7. The molecule has 1 aromatic rings. The summed E-state index contributed by atoms with van der Waals surface area (Å²) in [6.07, 6.45) is 1.09. The fourth-order valence-corrected chi connectivity index (χ4v) is 1.93. The van der Waals surface area contributed by atoms with E-state index in [0.717, 1.165) is 6.42 Å². The minimum Gasteiger partial charge on any atom is -0.100 e. The first-order valence-corrected chi connectivity index (χ1v) is 5.21. The van der Waals surface area contributed by atoms with Crippen LogP contribution in [0.3, 0.4) is 0 Å². The minimum absolute atomic E-state index is 0.589. The largest absolute Gasteiger partial charge is 0.100 e. The van der Waals surface area contributed by atoms with Crippen molar-refractivity contribution in [2.24, 2.45) is 0 Å². The Balaban J connectivity index is 2.89. The molecule has 1 aromatic carbocycles. The number of hydrogen-bond acceptors (Lipinski definition) is 0. The van der Waals surface area contributed by atoms with E-state index in [1.807, 2.05) is 0 Å². The zero-order valence-electron chi connectivity index (χ0n) is 9.72. The van der Waals surface area contributed by atoms with Crippen LogP contribution in [0.5, 0.6) is 0 Å². The molecule has 0 heterocycles. The zero-order valence-corrected chi connectivity index (χ0v) is 9.72. The van der Waals surface area contributed by atoms with Gasteiger partial charge in [0.15, 0.2) is 0 Å². The van der Waals surface area contributed by atoms with Gasteiger partial charge in [-0.15, -0.1) is 6.58 Å². The van der Waals surface area contributed by atoms with Crippen molar-refractivity contribution in [3.05, 3.63) is 47.0 Å². The minimum atomic E-state index is 0.589. The fourth-order valence-electron chi connectivity index (χ4n) is 1.93. The van der Waals surface area contributed by atoms with E-state index < -0.39 is 0 Å². The molecule has 0 spiro atoms. The van der Waals surface area contributed by atoms with Crippen molar-refractivity contribution in [1.82, 2.24) is 0 Å². The summed E-state index contributed by atoms with van der Waals surface area (Å²) in [6, 6.07) is 6.78. The molecule has 0 aromatic heterocycles. The van der Waals surface area contributed by atoms with Crippen molar-refractivity contribution in [2.45, 2.75) is 40.0 Å². The number of allylic oxidation sites excluding steroid dienone is 1. The summed E-state index contributed by atoms with van der Waals surface area (Å²) < 4.78 is 0. The lowest BCUT2D eigenvalue weighted by Gasteiger charge is -2.13. The summed E-state index contributed by atoms with van der Waals surface area (Å²) in [7, 11) is 0. The molecule has 76 valence electrons. The van der Waals surface area contributed by atoms with E-state index in [2.05, 4.69) is 52.5 Å². The third-order valence-electron chi connectivity index (χ3n) is 2.47. The van der Waals surface area contributed by atoms with Gasteiger partial charge in [-0.2, -0.15) is 0 Å². The van der Waals surface area contributed by atoms with Crippen molar-refractivity contribution in [2.75, 3.05) is 0 Å². The van der Waals surface area contributed by atoms with Crippen LogP contribution in [0.2, 0.25) is 0 Å². The van der Waals surface area contributed by atoms with Gasteiger partial charge in [0, 0.05) is 0 Å². The van der Waals surface area contributed by atoms with Crippen molar-refractivity contribution < 1.29 is 0 Å². The summed E-state index contributed by atoms with van der Waals surface area (Å²) in [5.41, 5.74) is 5.41. The number of hydrogen-bond donors (Lipinski definition) is 0. The molecule has 0 aliphatic rings. The van der Waals surface area contributed by atoms with Crippen molar-refractivity contribution in [3.8, 4) is 0 Å². The second-order valence-corrected chi connectivity index (χ2v) is 4.48. The summed E-state index contributed by atoms with van der Waals surface area (Å²) >= 11 is 0. The fraction of sp³-hybridized carbons (Fsp3) is 0.429. The molecule has 0 saturated carbocycles. The molecule has 0 amide bonds. The van der Waals surface area contributed by atoms with Crippen LogP contribution in [-0.2, 0) is 0 Å². The van der Waals surface area contributed by atoms with Gasteiger partial charge in [-0.05, 0) is 38.7 Å². The average molecular weight is 188 g/mol. The monoisotopic (exact) mass is 188 g/mol. The summed E-state index contributed by atoms with van der Waals surface area (Å²) in [4.78, 5) is 0. The summed E-state index contributed by atoms with van der Waals surface area (Å²) in [6.45, 7) is 12.6. The van der Waals surface area contributed by atoms with Crippen LogP contribution >= 0.6 is 0 Å². The topological polar surface area (TPSA) is 0 Å². The van der Waals surface area contributed by atoms with Gasteiger partial charge in [0.2, 0.25) is 0 Å². The summed E-state index contributed by atoms with van der Waals surface area (Å²) in [5, 5.41) is 0. The molecule has 14 heavy (non-hydrogen) atoms. The van der Waals surface area contributed by atoms with Crippen LogP contribution in [-0.4, -0.2) is 0 Å². The molecule has 1 atom stereocenters. The molecular formula is C14H20. The van der Waals surface area contributed by atoms with Gasteiger partial charge in [0.25, 0.3) is 0 Å². The Morgan fingerprint density at radius 2 is 1.71 bits per heavy atom. The Bertz CT molecular complexity index is 314. The first kappa shape index (κ1) is 11.0. The highest BCUT2D eigenvalue weighted by atomic mass is 14.1. The highest BCUT2D eigenvalue weighted by Gasteiger charge is 2.06. The quantitative estimate of drug-likeness (QED) is 0.618. The molecule has 1 rings (SSSR count). The molecule has 0 aliphatic carbocycles. The predicted octanol–water partition coefficient (Wildman–Crippen LogP) is 4.37. The van der Waals surface area contributed by atoms with Crippen LogP contribution in [0, 0.1) is 13.8 Å². The van der Waals surface area contributed by atoms with Crippen molar-refractivity contribution in [1.29, 1.82) is 0 Å². The van der Waals surface area contributed by atoms with E-state index in [-0.39, 0.29) is 0 Å². The predicted molar refractivity (Wildman–Crippen MR) is 63.8 cm³/mol. The van der Waals surface area contributed by atoms with Crippen LogP contribution in [0.4, 0.5) is 0 Å². The molecule has 0 fully saturated rings. The molecule has 1 unspecified atom stereocenters. The Labute approximate surface area is 87.7 Å². The second-order valence-electron chi connectivity index (χ2n) is 4.48. The third-order valence-corrected chi connectivity index (χ3v) is 2.47. The Kier molecular flexibility index (Phi) is 3.51. The van der Waals surface area contributed by atoms with Crippen LogP contribution < -0.4 is 0 Å². The Morgan fingerprint density at radius 1 is 1.21 bits per heavy atom. The van der Waals surface area contributed by atoms with Crippen LogP contribution in [0.1, 0.15) is 42.9 Å². The maximum atomic E-state index is 3.97. The Hall–Kier alpha value is -1.04. The van der Waals surface area contributed by atoms with Gasteiger partial charge in [-0.1, -0.05) is 41.8 Å². The number of benzene rings is 1. The van der Waals surface area contributed by atoms with Gasteiger partial charge >= 0.3 is 0 Å². The lowest BCUT2D eigenvalue weighted by Crippen LogP contribution is -1.95. The van der Waals surface area contributed by atoms with E-state index in [1.54, 1.807) is 0 Å². The first-order valence-electron chi connectivity index (χ1n) is 5.21. The second kappa shape index (κ2) is 4.45. The highest BCUT2D eigenvalue weighted by Crippen LogP contribution is 2.24. The number of rotatable bonds is 3. The molecule has 0 radical (unpaired) electrons. The molecule has 0 N–H and O–H groups in total. The molecule has 0 saturated heterocycles. The van der Waals surface area contributed by atoms with Crippen LogP contribution in [0.15, 0.2) is 30.4 Å². The van der Waals surface area contributed by atoms with Crippen LogP contribution in [0.25, 0.3) is 0 Å². The average Bonchev–Trinajstić information content (AvgIpc) is 2.00. The van der Waals surface area contributed by atoms with E-state index >= 15 is 0 Å². The maximum absolute atomic E-state index is 3.97. The number of aryl methyl sites for hydroxylation is 2. The molecule has 0 heteroatoms. The van der Waals surface area contributed by atoms with Gasteiger partial charge in [0.1, 0.15) is 0 Å². The normalized spacial score (nSPS) is 12.6. The van der Waals surface area contributed by atoms with Crippen molar-refractivity contribution in [3.63, 3.8) is 0 Å². The smallest absolute Gasteiger partial charge is 0.0153 e. The van der Waals surface area contributed by atoms with Gasteiger partial charge in [-0.3, -0.25) is 0 Å². The Morgan fingerprint density at radius 3 is 2.14 bits per heavy atom.